The molecule has 1 aromatic carbocycles. The van der Waals surface area contributed by atoms with Crippen LogP contribution in [0.1, 0.15) is 29.9 Å². The van der Waals surface area contributed by atoms with Crippen LogP contribution in [0.25, 0.3) is 0 Å². The molecule has 2 rings (SSSR count). The number of hydrogen-bond donors (Lipinski definition) is 2. The number of imidazole rings is 1. The molecule has 1 heterocycles. The molecule has 1 unspecified atom stereocenters. The van der Waals surface area contributed by atoms with E-state index in [2.05, 4.69) is 14.7 Å². The number of aryl methyl sites for hydroxylation is 1. The van der Waals surface area contributed by atoms with Crippen LogP contribution in [0.3, 0.4) is 0 Å². The second-order valence-electron chi connectivity index (χ2n) is 4.41. The Balaban J connectivity index is 2.34. The first-order chi connectivity index (χ1) is 9.44. The molecule has 20 heavy (non-hydrogen) atoms. The van der Waals surface area contributed by atoms with E-state index in [0.717, 1.165) is 0 Å². The van der Waals surface area contributed by atoms with Crippen LogP contribution in [0.15, 0.2) is 35.5 Å². The Morgan fingerprint density at radius 2 is 2.20 bits per heavy atom. The number of H-pyrrole nitrogens is 1. The van der Waals surface area contributed by atoms with Crippen molar-refractivity contribution in [1.29, 1.82) is 5.26 Å². The lowest BCUT2D eigenvalue weighted by molar-refractivity contribution is 0.560. The van der Waals surface area contributed by atoms with E-state index in [-0.39, 0.29) is 4.90 Å². The first-order valence-electron chi connectivity index (χ1n) is 5.96. The molecule has 0 saturated heterocycles. The minimum atomic E-state index is -3.71. The number of nitriles is 1. The van der Waals surface area contributed by atoms with Gasteiger partial charge in [-0.15, -0.1) is 0 Å². The van der Waals surface area contributed by atoms with E-state index in [4.69, 9.17) is 5.26 Å². The summed E-state index contributed by atoms with van der Waals surface area (Å²) in [5.41, 5.74) is 0.893. The normalized spacial score (nSPS) is 12.8. The lowest BCUT2D eigenvalue weighted by atomic mass is 10.2. The average Bonchev–Trinajstić information content (AvgIpc) is 2.92. The standard InChI is InChI=1S/C13H14N4O2S/c1-9-3-4-11(8-14)7-12(9)20(18,19)17-10(2)13-15-5-6-16-13/h3-7,10,17H,1-2H3,(H,15,16). The Labute approximate surface area is 117 Å². The fourth-order valence-electron chi connectivity index (χ4n) is 1.83. The van der Waals surface area contributed by atoms with Gasteiger partial charge in [-0.05, 0) is 31.5 Å². The molecule has 2 N–H and O–H groups in total. The fraction of sp³-hybridized carbons (Fsp3) is 0.231. The number of nitrogens with zero attached hydrogens (tertiary/aromatic N) is 2. The molecule has 0 aliphatic carbocycles. The number of benzene rings is 1. The molecule has 1 aromatic heterocycles. The van der Waals surface area contributed by atoms with Gasteiger partial charge in [-0.1, -0.05) is 6.07 Å². The molecule has 0 bridgehead atoms. The fourth-order valence-corrected chi connectivity index (χ4v) is 3.30. The third kappa shape index (κ3) is 2.87. The highest BCUT2D eigenvalue weighted by Gasteiger charge is 2.21. The van der Waals surface area contributed by atoms with Gasteiger partial charge in [0.25, 0.3) is 0 Å². The molecule has 104 valence electrons. The number of sulfonamides is 1. The number of nitrogens with one attached hydrogen (secondary N) is 2. The zero-order valence-electron chi connectivity index (χ0n) is 11.1. The quantitative estimate of drug-likeness (QED) is 0.894. The highest BCUT2D eigenvalue weighted by atomic mass is 32.2. The molecule has 1 atom stereocenters. The van der Waals surface area contributed by atoms with E-state index in [0.29, 0.717) is 17.0 Å². The minimum Gasteiger partial charge on any atom is -0.347 e. The van der Waals surface area contributed by atoms with E-state index < -0.39 is 16.1 Å². The number of rotatable bonds is 4. The molecular formula is C13H14N4O2S. The van der Waals surface area contributed by atoms with Crippen LogP contribution in [-0.4, -0.2) is 18.4 Å². The maximum absolute atomic E-state index is 12.4. The van der Waals surface area contributed by atoms with Crippen LogP contribution in [0.4, 0.5) is 0 Å². The second kappa shape index (κ2) is 5.45. The molecule has 0 aliphatic heterocycles. The topological polar surface area (TPSA) is 98.6 Å². The summed E-state index contributed by atoms with van der Waals surface area (Å²) in [4.78, 5) is 6.98. The minimum absolute atomic E-state index is 0.106. The van der Waals surface area contributed by atoms with Gasteiger partial charge in [-0.25, -0.2) is 18.1 Å². The van der Waals surface area contributed by atoms with E-state index in [1.807, 2.05) is 6.07 Å². The molecular weight excluding hydrogens is 276 g/mol. The van der Waals surface area contributed by atoms with Crippen LogP contribution < -0.4 is 4.72 Å². The molecule has 6 nitrogen and oxygen atoms in total. The number of aromatic nitrogens is 2. The van der Waals surface area contributed by atoms with Crippen molar-refractivity contribution in [2.75, 3.05) is 0 Å². The van der Waals surface area contributed by atoms with Gasteiger partial charge in [0.1, 0.15) is 5.82 Å². The van der Waals surface area contributed by atoms with Gasteiger partial charge >= 0.3 is 0 Å². The van der Waals surface area contributed by atoms with E-state index >= 15 is 0 Å². The summed E-state index contributed by atoms with van der Waals surface area (Å²) in [6.45, 7) is 3.38. The highest BCUT2D eigenvalue weighted by molar-refractivity contribution is 7.89. The van der Waals surface area contributed by atoms with Crippen molar-refractivity contribution in [3.63, 3.8) is 0 Å². The van der Waals surface area contributed by atoms with Gasteiger partial charge in [0, 0.05) is 12.4 Å². The summed E-state index contributed by atoms with van der Waals surface area (Å²) in [7, 11) is -3.71. The highest BCUT2D eigenvalue weighted by Crippen LogP contribution is 2.19. The Hall–Kier alpha value is -2.17. The average molecular weight is 290 g/mol. The van der Waals surface area contributed by atoms with Crippen molar-refractivity contribution >= 4 is 10.0 Å². The SMILES string of the molecule is Cc1ccc(C#N)cc1S(=O)(=O)NC(C)c1ncc[nH]1. The van der Waals surface area contributed by atoms with Crippen LogP contribution in [0, 0.1) is 18.3 Å². The summed E-state index contributed by atoms with van der Waals surface area (Å²) >= 11 is 0. The Morgan fingerprint density at radius 1 is 1.45 bits per heavy atom. The summed E-state index contributed by atoms with van der Waals surface area (Å²) in [6.07, 6.45) is 3.18. The molecule has 0 fully saturated rings. The van der Waals surface area contributed by atoms with E-state index in [9.17, 15) is 8.42 Å². The van der Waals surface area contributed by atoms with Gasteiger partial charge < -0.3 is 4.98 Å². The Bertz CT molecular complexity index is 745. The largest absolute Gasteiger partial charge is 0.347 e. The summed E-state index contributed by atoms with van der Waals surface area (Å²) in [5, 5.41) is 8.87. The van der Waals surface area contributed by atoms with E-state index in [1.54, 1.807) is 38.4 Å². The van der Waals surface area contributed by atoms with Crippen LogP contribution >= 0.6 is 0 Å². The summed E-state index contributed by atoms with van der Waals surface area (Å²) < 4.78 is 27.3. The maximum atomic E-state index is 12.4. The van der Waals surface area contributed by atoms with Gasteiger partial charge in [-0.3, -0.25) is 0 Å². The maximum Gasteiger partial charge on any atom is 0.241 e. The van der Waals surface area contributed by atoms with Gasteiger partial charge in [-0.2, -0.15) is 5.26 Å². The Kier molecular flexibility index (Phi) is 3.88. The third-order valence-corrected chi connectivity index (χ3v) is 4.55. The van der Waals surface area contributed by atoms with Crippen molar-refractivity contribution in [3.05, 3.63) is 47.5 Å². The predicted molar refractivity (Wildman–Crippen MR) is 73.2 cm³/mol. The van der Waals surface area contributed by atoms with Crippen LogP contribution in [0.2, 0.25) is 0 Å². The van der Waals surface area contributed by atoms with Crippen LogP contribution in [0.5, 0.6) is 0 Å². The Morgan fingerprint density at radius 3 is 2.80 bits per heavy atom. The van der Waals surface area contributed by atoms with E-state index in [1.165, 1.54) is 6.07 Å². The van der Waals surface area contributed by atoms with Gasteiger partial charge in [0.15, 0.2) is 0 Å². The molecule has 0 spiro atoms. The van der Waals surface area contributed by atoms with Crippen molar-refractivity contribution in [3.8, 4) is 6.07 Å². The molecule has 0 radical (unpaired) electrons. The summed E-state index contributed by atoms with van der Waals surface area (Å²) in [5.74, 6) is 0.530. The van der Waals surface area contributed by atoms with Crippen molar-refractivity contribution in [2.24, 2.45) is 0 Å². The second-order valence-corrected chi connectivity index (χ2v) is 6.09. The first-order valence-corrected chi connectivity index (χ1v) is 7.44. The zero-order valence-corrected chi connectivity index (χ0v) is 11.9. The number of hydrogen-bond acceptors (Lipinski definition) is 4. The molecule has 0 amide bonds. The molecule has 2 aromatic rings. The molecule has 0 aliphatic rings. The van der Waals surface area contributed by atoms with Crippen molar-refractivity contribution in [2.45, 2.75) is 24.8 Å². The monoisotopic (exact) mass is 290 g/mol. The lowest BCUT2D eigenvalue weighted by Gasteiger charge is -2.13. The van der Waals surface area contributed by atoms with Gasteiger partial charge in [0.05, 0.1) is 22.6 Å². The first kappa shape index (κ1) is 14.2. The molecule has 0 saturated carbocycles. The molecule has 7 heteroatoms. The van der Waals surface area contributed by atoms with Crippen molar-refractivity contribution < 1.29 is 8.42 Å². The predicted octanol–water partition coefficient (Wildman–Crippen LogP) is 1.63. The van der Waals surface area contributed by atoms with Crippen LogP contribution in [-0.2, 0) is 10.0 Å². The number of aromatic amines is 1. The van der Waals surface area contributed by atoms with Crippen molar-refractivity contribution in [1.82, 2.24) is 14.7 Å². The van der Waals surface area contributed by atoms with Gasteiger partial charge in [0.2, 0.25) is 10.0 Å². The summed E-state index contributed by atoms with van der Waals surface area (Å²) in [6, 6.07) is 6.02. The lowest BCUT2D eigenvalue weighted by Crippen LogP contribution is -2.28. The smallest absolute Gasteiger partial charge is 0.241 e. The zero-order chi connectivity index (χ0) is 14.8. The third-order valence-electron chi connectivity index (χ3n) is 2.87.